The van der Waals surface area contributed by atoms with Gasteiger partial charge >= 0.3 is 5.97 Å². The number of aliphatic carboxylic acids is 1. The number of carbonyl (C=O) groups excluding carboxylic acids is 1. The van der Waals surface area contributed by atoms with Crippen LogP contribution in [0.15, 0.2) is 27.1 Å². The van der Waals surface area contributed by atoms with Crippen molar-refractivity contribution in [2.45, 2.75) is 31.7 Å². The van der Waals surface area contributed by atoms with Crippen LogP contribution in [0, 0.1) is 11.3 Å². The van der Waals surface area contributed by atoms with Crippen molar-refractivity contribution in [2.75, 3.05) is 0 Å². The third kappa shape index (κ3) is 6.27. The van der Waals surface area contributed by atoms with Gasteiger partial charge in [0.25, 0.3) is 5.91 Å². The van der Waals surface area contributed by atoms with E-state index < -0.39 is 17.9 Å². The van der Waals surface area contributed by atoms with Crippen molar-refractivity contribution in [2.24, 2.45) is 0 Å². The Labute approximate surface area is 139 Å². The maximum Gasteiger partial charge on any atom is 0.326 e. The molecular weight excluding hydrogens is 404 g/mol. The SMILES string of the molecule is N#CCCCC[C@H](NC(=O)c1cc(Br)cc(Br)c1)C(=O)O. The number of halogens is 2. The average Bonchev–Trinajstić information content (AvgIpc) is 2.40. The van der Waals surface area contributed by atoms with Crippen LogP contribution in [0.1, 0.15) is 36.0 Å². The first-order valence-corrected chi connectivity index (χ1v) is 7.89. The van der Waals surface area contributed by atoms with Crippen molar-refractivity contribution >= 4 is 43.7 Å². The van der Waals surface area contributed by atoms with Crippen LogP contribution in [0.3, 0.4) is 0 Å². The number of carbonyl (C=O) groups is 2. The highest BCUT2D eigenvalue weighted by molar-refractivity contribution is 9.11. The van der Waals surface area contributed by atoms with Crippen LogP contribution in [-0.2, 0) is 4.79 Å². The molecular formula is C14H14Br2N2O3. The van der Waals surface area contributed by atoms with Crippen LogP contribution < -0.4 is 5.32 Å². The lowest BCUT2D eigenvalue weighted by Crippen LogP contribution is -2.40. The number of benzene rings is 1. The third-order valence-corrected chi connectivity index (χ3v) is 3.68. The number of amides is 1. The number of hydrogen-bond acceptors (Lipinski definition) is 3. The first kappa shape index (κ1) is 17.7. The Morgan fingerprint density at radius 2 is 1.86 bits per heavy atom. The molecule has 0 aliphatic heterocycles. The van der Waals surface area contributed by atoms with Crippen molar-refractivity contribution in [1.82, 2.24) is 5.32 Å². The van der Waals surface area contributed by atoms with Crippen LogP contribution in [-0.4, -0.2) is 23.0 Å². The number of unbranched alkanes of at least 4 members (excludes halogenated alkanes) is 2. The van der Waals surface area contributed by atoms with E-state index in [0.717, 1.165) is 8.95 Å². The van der Waals surface area contributed by atoms with Gasteiger partial charge in [0, 0.05) is 20.9 Å². The molecule has 0 saturated heterocycles. The van der Waals surface area contributed by atoms with Gasteiger partial charge in [0.2, 0.25) is 0 Å². The van der Waals surface area contributed by atoms with E-state index in [9.17, 15) is 9.59 Å². The van der Waals surface area contributed by atoms with Crippen molar-refractivity contribution < 1.29 is 14.7 Å². The van der Waals surface area contributed by atoms with Gasteiger partial charge in [-0.15, -0.1) is 0 Å². The number of nitrogens with zero attached hydrogens (tertiary/aromatic N) is 1. The number of nitriles is 1. The molecule has 0 aliphatic rings. The summed E-state index contributed by atoms with van der Waals surface area (Å²) in [4.78, 5) is 23.3. The highest BCUT2D eigenvalue weighted by Gasteiger charge is 2.20. The minimum absolute atomic E-state index is 0.303. The van der Waals surface area contributed by atoms with Crippen molar-refractivity contribution in [3.8, 4) is 6.07 Å². The molecule has 0 saturated carbocycles. The van der Waals surface area contributed by atoms with Gasteiger partial charge in [0.05, 0.1) is 6.07 Å². The maximum atomic E-state index is 12.1. The third-order valence-electron chi connectivity index (χ3n) is 2.76. The topological polar surface area (TPSA) is 90.2 Å². The molecule has 0 bridgehead atoms. The van der Waals surface area contributed by atoms with Crippen LogP contribution in [0.25, 0.3) is 0 Å². The second kappa shape index (κ2) is 8.80. The summed E-state index contributed by atoms with van der Waals surface area (Å²) in [5.74, 6) is -1.51. The van der Waals surface area contributed by atoms with Gasteiger partial charge in [0.15, 0.2) is 0 Å². The zero-order valence-corrected chi connectivity index (χ0v) is 14.3. The number of carboxylic acids is 1. The van der Waals surface area contributed by atoms with E-state index in [-0.39, 0.29) is 0 Å². The van der Waals surface area contributed by atoms with Gasteiger partial charge in [-0.05, 0) is 37.5 Å². The molecule has 1 aromatic carbocycles. The lowest BCUT2D eigenvalue weighted by molar-refractivity contribution is -0.139. The highest BCUT2D eigenvalue weighted by Crippen LogP contribution is 2.20. The summed E-state index contributed by atoms with van der Waals surface area (Å²) in [5.41, 5.74) is 0.375. The van der Waals surface area contributed by atoms with Crippen molar-refractivity contribution in [1.29, 1.82) is 5.26 Å². The molecule has 7 heteroatoms. The predicted molar refractivity (Wildman–Crippen MR) is 84.8 cm³/mol. The summed E-state index contributed by atoms with van der Waals surface area (Å²) in [5, 5.41) is 20.1. The monoisotopic (exact) mass is 416 g/mol. The molecule has 1 rings (SSSR count). The van der Waals surface area contributed by atoms with Crippen LogP contribution in [0.5, 0.6) is 0 Å². The molecule has 0 aromatic heterocycles. The predicted octanol–water partition coefficient (Wildman–Crippen LogP) is 3.48. The summed E-state index contributed by atoms with van der Waals surface area (Å²) in [7, 11) is 0. The molecule has 0 unspecified atom stereocenters. The van der Waals surface area contributed by atoms with Crippen molar-refractivity contribution in [3.63, 3.8) is 0 Å². The first-order chi connectivity index (χ1) is 9.93. The summed E-state index contributed by atoms with van der Waals surface area (Å²) >= 11 is 6.56. The molecule has 0 fully saturated rings. The van der Waals surface area contributed by atoms with Gasteiger partial charge in [-0.3, -0.25) is 4.79 Å². The van der Waals surface area contributed by atoms with E-state index in [4.69, 9.17) is 10.4 Å². The number of carboxylic acid groups (broad SMARTS) is 1. The fraction of sp³-hybridized carbons (Fsp3) is 0.357. The summed E-state index contributed by atoms with van der Waals surface area (Å²) in [6.45, 7) is 0. The summed E-state index contributed by atoms with van der Waals surface area (Å²) in [6, 6.07) is 6.08. The largest absolute Gasteiger partial charge is 0.480 e. The molecule has 112 valence electrons. The molecule has 0 spiro atoms. The highest BCUT2D eigenvalue weighted by atomic mass is 79.9. The Morgan fingerprint density at radius 1 is 1.24 bits per heavy atom. The number of hydrogen-bond donors (Lipinski definition) is 2. The lowest BCUT2D eigenvalue weighted by atomic mass is 10.1. The van der Waals surface area contributed by atoms with Gasteiger partial charge in [-0.2, -0.15) is 5.26 Å². The van der Waals surface area contributed by atoms with Gasteiger partial charge in [0.1, 0.15) is 6.04 Å². The zero-order chi connectivity index (χ0) is 15.8. The molecule has 5 nitrogen and oxygen atoms in total. The second-order valence-corrected chi connectivity index (χ2v) is 6.26. The molecule has 1 atom stereocenters. The van der Waals surface area contributed by atoms with E-state index in [1.54, 1.807) is 18.2 Å². The van der Waals surface area contributed by atoms with E-state index in [1.165, 1.54) is 0 Å². The fourth-order valence-electron chi connectivity index (χ4n) is 1.74. The number of nitrogens with one attached hydrogen (secondary N) is 1. The van der Waals surface area contributed by atoms with Gasteiger partial charge in [-0.25, -0.2) is 4.79 Å². The minimum atomic E-state index is -1.07. The van der Waals surface area contributed by atoms with Crippen molar-refractivity contribution in [3.05, 3.63) is 32.7 Å². The zero-order valence-electron chi connectivity index (χ0n) is 11.1. The Bertz CT molecular complexity index is 550. The fourth-order valence-corrected chi connectivity index (χ4v) is 3.03. The van der Waals surface area contributed by atoms with E-state index >= 15 is 0 Å². The quantitative estimate of drug-likeness (QED) is 0.664. The molecule has 1 amide bonds. The van der Waals surface area contributed by atoms with Crippen LogP contribution in [0.4, 0.5) is 0 Å². The van der Waals surface area contributed by atoms with Crippen LogP contribution >= 0.6 is 31.9 Å². The molecule has 21 heavy (non-hydrogen) atoms. The minimum Gasteiger partial charge on any atom is -0.480 e. The first-order valence-electron chi connectivity index (χ1n) is 6.30. The molecule has 0 heterocycles. The van der Waals surface area contributed by atoms with Gasteiger partial charge < -0.3 is 10.4 Å². The van der Waals surface area contributed by atoms with E-state index in [1.807, 2.05) is 6.07 Å². The normalized spacial score (nSPS) is 11.5. The second-order valence-electron chi connectivity index (χ2n) is 4.43. The number of rotatable bonds is 7. The standard InChI is InChI=1S/C14H14Br2N2O3/c15-10-6-9(7-11(16)8-10)13(19)18-12(14(20)21)4-2-1-3-5-17/h6-8,12H,1-4H2,(H,18,19)(H,20,21)/t12-/m0/s1. The average molecular weight is 418 g/mol. The summed E-state index contributed by atoms with van der Waals surface area (Å²) < 4.78 is 1.45. The molecule has 2 N–H and O–H groups in total. The molecule has 0 radical (unpaired) electrons. The van der Waals surface area contributed by atoms with E-state index in [2.05, 4.69) is 37.2 Å². The molecule has 0 aliphatic carbocycles. The maximum absolute atomic E-state index is 12.1. The van der Waals surface area contributed by atoms with Gasteiger partial charge in [-0.1, -0.05) is 31.9 Å². The summed E-state index contributed by atoms with van der Waals surface area (Å²) in [6.07, 6.45) is 1.89. The Morgan fingerprint density at radius 3 is 2.38 bits per heavy atom. The smallest absolute Gasteiger partial charge is 0.326 e. The Kier molecular flexibility index (Phi) is 7.40. The molecule has 1 aromatic rings. The van der Waals surface area contributed by atoms with E-state index in [0.29, 0.717) is 31.2 Å². The van der Waals surface area contributed by atoms with Crippen LogP contribution in [0.2, 0.25) is 0 Å². The Hall–Kier alpha value is -1.39. The Balaban J connectivity index is 2.68. The lowest BCUT2D eigenvalue weighted by Gasteiger charge is -2.14.